The summed E-state index contributed by atoms with van der Waals surface area (Å²) in [7, 11) is 2.22. The van der Waals surface area contributed by atoms with Crippen molar-refractivity contribution in [2.45, 2.75) is 12.8 Å². The average Bonchev–Trinajstić information content (AvgIpc) is 1.87. The predicted octanol–water partition coefficient (Wildman–Crippen LogP) is 0.548. The molecule has 0 atom stereocenters. The molecule has 60 valence electrons. The van der Waals surface area contributed by atoms with E-state index in [2.05, 4.69) is 17.3 Å². The Morgan fingerprint density at radius 1 is 1.30 bits per heavy atom. The van der Waals surface area contributed by atoms with Crippen LogP contribution >= 0.6 is 0 Å². The van der Waals surface area contributed by atoms with Crippen molar-refractivity contribution in [1.29, 1.82) is 0 Å². The molecule has 0 aromatic heterocycles. The van der Waals surface area contributed by atoms with Crippen molar-refractivity contribution in [2.75, 3.05) is 33.2 Å². The molecule has 0 amide bonds. The zero-order valence-corrected chi connectivity index (χ0v) is 6.69. The number of likely N-dealkylation sites (tertiary alicyclic amines) is 1. The lowest BCUT2D eigenvalue weighted by Gasteiger charge is -2.51. The normalized spacial score (nSPS) is 32.1. The third kappa shape index (κ3) is 0.956. The average molecular weight is 142 g/mol. The quantitative estimate of drug-likeness (QED) is 0.531. The van der Waals surface area contributed by atoms with E-state index in [0.717, 1.165) is 5.41 Å². The molecule has 1 N–H and O–H groups in total. The Morgan fingerprint density at radius 2 is 1.90 bits per heavy atom. The van der Waals surface area contributed by atoms with Crippen LogP contribution in [-0.4, -0.2) is 38.1 Å². The molecule has 0 radical (unpaired) electrons. The number of nitrogens with one attached hydrogen (secondary N) is 1. The third-order valence-corrected chi connectivity index (χ3v) is 2.87. The minimum absolute atomic E-state index is 0. The van der Waals surface area contributed by atoms with Crippen LogP contribution in [0.4, 0.5) is 0 Å². The second-order valence-electron chi connectivity index (χ2n) is 3.92. The summed E-state index contributed by atoms with van der Waals surface area (Å²) in [6, 6.07) is 0. The second-order valence-corrected chi connectivity index (χ2v) is 3.92. The van der Waals surface area contributed by atoms with Gasteiger partial charge in [-0.3, -0.25) is 0 Å². The lowest BCUT2D eigenvalue weighted by atomic mass is 9.73. The van der Waals surface area contributed by atoms with Gasteiger partial charge >= 0.3 is 0 Å². The first kappa shape index (κ1) is 6.62. The molecule has 0 unspecified atom stereocenters. The van der Waals surface area contributed by atoms with E-state index >= 15 is 0 Å². The molecule has 0 aromatic carbocycles. The molecule has 2 nitrogen and oxygen atoms in total. The van der Waals surface area contributed by atoms with Gasteiger partial charge in [-0.05, 0) is 38.4 Å². The minimum Gasteiger partial charge on any atom is -0.317 e. The molecule has 0 bridgehead atoms. The van der Waals surface area contributed by atoms with Crippen LogP contribution in [0.5, 0.6) is 0 Å². The smallest absolute Gasteiger partial charge is 0.00484 e. The zero-order chi connectivity index (χ0) is 7.03. The molecule has 10 heavy (non-hydrogen) atoms. The molecule has 2 saturated heterocycles. The standard InChI is InChI=1S/C8H16N2.H2/c1-10-6-8(7-10)2-4-9-5-3-8;/h9H,2-7H2,1H3;1H. The van der Waals surface area contributed by atoms with Crippen LogP contribution < -0.4 is 5.32 Å². The molecule has 2 aliphatic rings. The van der Waals surface area contributed by atoms with Gasteiger partial charge in [0, 0.05) is 14.5 Å². The van der Waals surface area contributed by atoms with Gasteiger partial charge in [0.25, 0.3) is 0 Å². The third-order valence-electron chi connectivity index (χ3n) is 2.87. The lowest BCUT2D eigenvalue weighted by molar-refractivity contribution is -0.00368. The Morgan fingerprint density at radius 3 is 2.40 bits per heavy atom. The number of nitrogens with zero attached hydrogens (tertiary/aromatic N) is 1. The molecule has 2 fully saturated rings. The van der Waals surface area contributed by atoms with E-state index in [1.807, 2.05) is 0 Å². The molecule has 2 aliphatic heterocycles. The van der Waals surface area contributed by atoms with Gasteiger partial charge in [-0.2, -0.15) is 0 Å². The Balaban J connectivity index is 0.000000605. The van der Waals surface area contributed by atoms with E-state index < -0.39 is 0 Å². The number of hydrogen-bond acceptors (Lipinski definition) is 2. The van der Waals surface area contributed by atoms with Crippen molar-refractivity contribution in [2.24, 2.45) is 5.41 Å². The fraction of sp³-hybridized carbons (Fsp3) is 1.00. The van der Waals surface area contributed by atoms with Crippen LogP contribution in [0.1, 0.15) is 14.3 Å². The zero-order valence-electron chi connectivity index (χ0n) is 6.69. The Hall–Kier alpha value is -0.0800. The largest absolute Gasteiger partial charge is 0.317 e. The summed E-state index contributed by atoms with van der Waals surface area (Å²) in [5.74, 6) is 0. The highest BCUT2D eigenvalue weighted by atomic mass is 15.2. The van der Waals surface area contributed by atoms with Crippen LogP contribution in [-0.2, 0) is 0 Å². The molecule has 0 aliphatic carbocycles. The summed E-state index contributed by atoms with van der Waals surface area (Å²) < 4.78 is 0. The van der Waals surface area contributed by atoms with Crippen molar-refractivity contribution in [3.05, 3.63) is 0 Å². The van der Waals surface area contributed by atoms with Crippen molar-refractivity contribution >= 4 is 0 Å². The maximum absolute atomic E-state index is 3.40. The molecular formula is C8H18N2. The summed E-state index contributed by atoms with van der Waals surface area (Å²) in [4.78, 5) is 2.42. The van der Waals surface area contributed by atoms with Crippen molar-refractivity contribution in [3.63, 3.8) is 0 Å². The van der Waals surface area contributed by atoms with E-state index in [1.165, 1.54) is 39.0 Å². The van der Waals surface area contributed by atoms with Gasteiger partial charge in [0.05, 0.1) is 0 Å². The maximum Gasteiger partial charge on any atom is 0.00484 e. The molecule has 2 rings (SSSR count). The first-order chi connectivity index (χ1) is 4.81. The van der Waals surface area contributed by atoms with Gasteiger partial charge in [0.1, 0.15) is 0 Å². The van der Waals surface area contributed by atoms with Crippen LogP contribution in [0.3, 0.4) is 0 Å². The van der Waals surface area contributed by atoms with E-state index in [-0.39, 0.29) is 1.43 Å². The summed E-state index contributed by atoms with van der Waals surface area (Å²) in [6.45, 7) is 5.17. The highest BCUT2D eigenvalue weighted by molar-refractivity contribution is 4.95. The van der Waals surface area contributed by atoms with Crippen LogP contribution in [0.15, 0.2) is 0 Å². The highest BCUT2D eigenvalue weighted by Gasteiger charge is 2.41. The van der Waals surface area contributed by atoms with E-state index in [0.29, 0.717) is 0 Å². The first-order valence-electron chi connectivity index (χ1n) is 4.20. The van der Waals surface area contributed by atoms with Crippen molar-refractivity contribution in [3.8, 4) is 0 Å². The van der Waals surface area contributed by atoms with Crippen molar-refractivity contribution in [1.82, 2.24) is 10.2 Å². The van der Waals surface area contributed by atoms with Gasteiger partial charge in [-0.15, -0.1) is 0 Å². The number of piperidine rings is 1. The van der Waals surface area contributed by atoms with Gasteiger partial charge in [0.2, 0.25) is 0 Å². The first-order valence-corrected chi connectivity index (χ1v) is 4.20. The van der Waals surface area contributed by atoms with Gasteiger partial charge in [0.15, 0.2) is 0 Å². The number of hydrogen-bond donors (Lipinski definition) is 1. The Labute approximate surface area is 64.1 Å². The molecule has 0 aromatic rings. The van der Waals surface area contributed by atoms with Gasteiger partial charge in [-0.25, -0.2) is 0 Å². The summed E-state index contributed by atoms with van der Waals surface area (Å²) in [6.07, 6.45) is 2.80. The monoisotopic (exact) mass is 142 g/mol. The molecule has 1 spiro atoms. The predicted molar refractivity (Wildman–Crippen MR) is 44.1 cm³/mol. The van der Waals surface area contributed by atoms with Crippen LogP contribution in [0.2, 0.25) is 0 Å². The molecule has 2 heterocycles. The highest BCUT2D eigenvalue weighted by Crippen LogP contribution is 2.37. The van der Waals surface area contributed by atoms with E-state index in [4.69, 9.17) is 0 Å². The summed E-state index contributed by atoms with van der Waals surface area (Å²) in [5.41, 5.74) is 0.736. The molecule has 2 heteroatoms. The topological polar surface area (TPSA) is 15.3 Å². The second kappa shape index (κ2) is 2.21. The SMILES string of the molecule is CN1CC2(CCNCC2)C1.[HH]. The van der Waals surface area contributed by atoms with E-state index in [9.17, 15) is 0 Å². The van der Waals surface area contributed by atoms with Gasteiger partial charge < -0.3 is 10.2 Å². The number of rotatable bonds is 0. The van der Waals surface area contributed by atoms with Crippen molar-refractivity contribution < 1.29 is 1.43 Å². The fourth-order valence-corrected chi connectivity index (χ4v) is 2.37. The van der Waals surface area contributed by atoms with Gasteiger partial charge in [-0.1, -0.05) is 0 Å². The Kier molecular flexibility index (Phi) is 1.46. The van der Waals surface area contributed by atoms with E-state index in [1.54, 1.807) is 0 Å². The molecular weight excluding hydrogens is 124 g/mol. The lowest BCUT2D eigenvalue weighted by Crippen LogP contribution is -2.58. The molecule has 0 saturated carbocycles. The minimum atomic E-state index is 0. The maximum atomic E-state index is 3.40. The Bertz CT molecular complexity index is 117. The van der Waals surface area contributed by atoms with Crippen LogP contribution in [0.25, 0.3) is 0 Å². The summed E-state index contributed by atoms with van der Waals surface area (Å²) >= 11 is 0. The summed E-state index contributed by atoms with van der Waals surface area (Å²) in [5, 5.41) is 3.40. The fourth-order valence-electron chi connectivity index (χ4n) is 2.37. The van der Waals surface area contributed by atoms with Crippen LogP contribution in [0, 0.1) is 5.41 Å².